The molecule has 0 fully saturated rings. The summed E-state index contributed by atoms with van der Waals surface area (Å²) in [7, 11) is 0. The Morgan fingerprint density at radius 1 is 1.32 bits per heavy atom. The van der Waals surface area contributed by atoms with Gasteiger partial charge in [-0.25, -0.2) is 9.07 Å². The van der Waals surface area contributed by atoms with Crippen molar-refractivity contribution in [3.8, 4) is 0 Å². The molecule has 0 aliphatic heterocycles. The van der Waals surface area contributed by atoms with Crippen molar-refractivity contribution in [1.29, 1.82) is 0 Å². The Balaban J connectivity index is 2.10. The molecular weight excluding hydrogens is 249 g/mol. The zero-order valence-corrected chi connectivity index (χ0v) is 10.0. The van der Waals surface area contributed by atoms with Gasteiger partial charge in [0.1, 0.15) is 11.3 Å². The van der Waals surface area contributed by atoms with E-state index in [1.807, 2.05) is 0 Å². The highest BCUT2D eigenvalue weighted by atomic mass is 19.1. The van der Waals surface area contributed by atoms with Crippen LogP contribution in [0.5, 0.6) is 0 Å². The average Bonchev–Trinajstić information content (AvgIpc) is 2.88. The van der Waals surface area contributed by atoms with E-state index in [-0.39, 0.29) is 17.4 Å². The van der Waals surface area contributed by atoms with E-state index in [4.69, 9.17) is 0 Å². The van der Waals surface area contributed by atoms with Crippen LogP contribution in [0.2, 0.25) is 0 Å². The fourth-order valence-electron chi connectivity index (χ4n) is 1.90. The summed E-state index contributed by atoms with van der Waals surface area (Å²) in [5.74, 6) is -0.321. The minimum Gasteiger partial charge on any atom is -0.271 e. The molecule has 3 rings (SSSR count). The highest BCUT2D eigenvalue weighted by Gasteiger charge is 2.14. The molecule has 0 spiro atoms. The van der Waals surface area contributed by atoms with Crippen molar-refractivity contribution < 1.29 is 4.39 Å². The third-order valence-corrected chi connectivity index (χ3v) is 3.01. The number of halogens is 1. The van der Waals surface area contributed by atoms with Crippen LogP contribution in [0.4, 0.5) is 4.39 Å². The molecule has 0 unspecified atom stereocenters. The molecule has 0 radical (unpaired) electrons. The van der Waals surface area contributed by atoms with E-state index in [1.54, 1.807) is 19.1 Å². The maximum absolute atomic E-state index is 12.9. The van der Waals surface area contributed by atoms with Gasteiger partial charge < -0.3 is 0 Å². The van der Waals surface area contributed by atoms with E-state index in [2.05, 4.69) is 20.5 Å². The zero-order chi connectivity index (χ0) is 13.4. The Labute approximate surface area is 106 Å². The predicted octanol–water partition coefficient (Wildman–Crippen LogP) is 1.26. The zero-order valence-electron chi connectivity index (χ0n) is 10.0. The normalized spacial score (nSPS) is 12.7. The third-order valence-electron chi connectivity index (χ3n) is 3.01. The molecule has 0 aliphatic rings. The number of aromatic amines is 1. The van der Waals surface area contributed by atoms with Crippen LogP contribution < -0.4 is 5.56 Å². The monoisotopic (exact) mass is 259 g/mol. The maximum Gasteiger partial charge on any atom is 0.296 e. The number of fused-ring (bicyclic) bond motifs is 1. The molecule has 0 amide bonds. The van der Waals surface area contributed by atoms with Crippen LogP contribution in [0, 0.1) is 5.82 Å². The van der Waals surface area contributed by atoms with Crippen molar-refractivity contribution >= 4 is 11.0 Å². The predicted molar refractivity (Wildman–Crippen MR) is 66.2 cm³/mol. The Morgan fingerprint density at radius 3 is 2.79 bits per heavy atom. The molecular formula is C12H10FN5O. The second-order valence-corrected chi connectivity index (χ2v) is 4.20. The first kappa shape index (κ1) is 11.5. The van der Waals surface area contributed by atoms with Crippen LogP contribution in [0.3, 0.4) is 0 Å². The molecule has 1 N–H and O–H groups in total. The van der Waals surface area contributed by atoms with Gasteiger partial charge in [-0.05, 0) is 24.6 Å². The number of hydrogen-bond donors (Lipinski definition) is 1. The summed E-state index contributed by atoms with van der Waals surface area (Å²) in [4.78, 5) is 12.2. The highest BCUT2D eigenvalue weighted by Crippen LogP contribution is 2.15. The van der Waals surface area contributed by atoms with Gasteiger partial charge in [0.2, 0.25) is 0 Å². The Hall–Kier alpha value is -2.57. The number of benzene rings is 1. The smallest absolute Gasteiger partial charge is 0.271 e. The molecule has 0 bridgehead atoms. The molecule has 0 aliphatic carbocycles. The summed E-state index contributed by atoms with van der Waals surface area (Å²) in [6.45, 7) is 1.80. The fraction of sp³-hybridized carbons (Fsp3) is 0.167. The van der Waals surface area contributed by atoms with Crippen LogP contribution >= 0.6 is 0 Å². The summed E-state index contributed by atoms with van der Waals surface area (Å²) in [5, 5.41) is 14.1. The van der Waals surface area contributed by atoms with E-state index in [0.29, 0.717) is 11.0 Å². The molecule has 2 aromatic heterocycles. The van der Waals surface area contributed by atoms with E-state index in [1.165, 1.54) is 23.0 Å². The van der Waals surface area contributed by atoms with Crippen LogP contribution in [-0.4, -0.2) is 25.2 Å². The minimum absolute atomic E-state index is 0.306. The van der Waals surface area contributed by atoms with Crippen molar-refractivity contribution in [1.82, 2.24) is 25.2 Å². The molecule has 0 saturated heterocycles. The minimum atomic E-state index is -0.340. The van der Waals surface area contributed by atoms with Crippen LogP contribution in [0.1, 0.15) is 18.5 Å². The second kappa shape index (κ2) is 4.27. The summed E-state index contributed by atoms with van der Waals surface area (Å²) in [6.07, 6.45) is 1.44. The van der Waals surface area contributed by atoms with E-state index < -0.39 is 0 Å². The van der Waals surface area contributed by atoms with Gasteiger partial charge in [0.15, 0.2) is 5.52 Å². The van der Waals surface area contributed by atoms with Crippen molar-refractivity contribution in [3.05, 3.63) is 52.2 Å². The Bertz CT molecular complexity index is 777. The lowest BCUT2D eigenvalue weighted by atomic mass is 10.1. The molecule has 19 heavy (non-hydrogen) atoms. The van der Waals surface area contributed by atoms with Gasteiger partial charge in [-0.2, -0.15) is 5.10 Å². The summed E-state index contributed by atoms with van der Waals surface area (Å²) < 4.78 is 14.1. The van der Waals surface area contributed by atoms with Crippen molar-refractivity contribution in [2.75, 3.05) is 0 Å². The Morgan fingerprint density at radius 2 is 2.05 bits per heavy atom. The summed E-state index contributed by atoms with van der Waals surface area (Å²) in [5.41, 5.74) is 1.20. The molecule has 1 aromatic carbocycles. The van der Waals surface area contributed by atoms with Crippen molar-refractivity contribution in [2.45, 2.75) is 13.0 Å². The first-order valence-corrected chi connectivity index (χ1v) is 5.71. The first-order valence-electron chi connectivity index (χ1n) is 5.71. The maximum atomic E-state index is 12.9. The van der Waals surface area contributed by atoms with Crippen LogP contribution in [-0.2, 0) is 0 Å². The lowest BCUT2D eigenvalue weighted by Crippen LogP contribution is -2.27. The summed E-state index contributed by atoms with van der Waals surface area (Å²) >= 11 is 0. The quantitative estimate of drug-likeness (QED) is 0.751. The van der Waals surface area contributed by atoms with Crippen LogP contribution in [0.25, 0.3) is 11.0 Å². The third kappa shape index (κ3) is 1.88. The molecule has 1 atom stereocenters. The van der Waals surface area contributed by atoms with Gasteiger partial charge in [-0.1, -0.05) is 17.3 Å². The topological polar surface area (TPSA) is 76.5 Å². The number of nitrogens with zero attached hydrogens (tertiary/aromatic N) is 4. The second-order valence-electron chi connectivity index (χ2n) is 4.20. The first-order chi connectivity index (χ1) is 9.16. The number of hydrogen-bond acceptors (Lipinski definition) is 4. The van der Waals surface area contributed by atoms with Crippen molar-refractivity contribution in [3.63, 3.8) is 0 Å². The molecule has 7 heteroatoms. The number of nitrogens with one attached hydrogen (secondary N) is 1. The fourth-order valence-corrected chi connectivity index (χ4v) is 1.90. The molecule has 3 aromatic rings. The SMILES string of the molecule is C[C@@H](c1ccc(F)cc1)n1nnc2cn[nH]c2c1=O. The molecule has 2 heterocycles. The molecule has 96 valence electrons. The standard InChI is InChI=1S/C12H10FN5O/c1-7(8-2-4-9(13)5-3-8)18-12(19)11-10(15-17-18)6-14-16-11/h2-7H,1H3,(H,14,16)/t7-/m0/s1. The lowest BCUT2D eigenvalue weighted by Gasteiger charge is -2.12. The number of aromatic nitrogens is 5. The highest BCUT2D eigenvalue weighted by molar-refractivity contribution is 5.70. The molecule has 6 nitrogen and oxygen atoms in total. The number of rotatable bonds is 2. The lowest BCUT2D eigenvalue weighted by molar-refractivity contribution is 0.506. The van der Waals surface area contributed by atoms with Gasteiger partial charge >= 0.3 is 0 Å². The number of H-pyrrole nitrogens is 1. The summed E-state index contributed by atoms with van der Waals surface area (Å²) in [6, 6.07) is 5.59. The molecule has 0 saturated carbocycles. The Kier molecular flexibility index (Phi) is 2.59. The van der Waals surface area contributed by atoms with E-state index in [0.717, 1.165) is 5.56 Å². The van der Waals surface area contributed by atoms with Gasteiger partial charge in [-0.3, -0.25) is 9.89 Å². The van der Waals surface area contributed by atoms with Crippen LogP contribution in [0.15, 0.2) is 35.3 Å². The average molecular weight is 259 g/mol. The van der Waals surface area contributed by atoms with Gasteiger partial charge in [-0.15, -0.1) is 5.10 Å². The van der Waals surface area contributed by atoms with E-state index in [9.17, 15) is 9.18 Å². The van der Waals surface area contributed by atoms with Gasteiger partial charge in [0.05, 0.1) is 12.2 Å². The van der Waals surface area contributed by atoms with E-state index >= 15 is 0 Å². The van der Waals surface area contributed by atoms with Gasteiger partial charge in [0.25, 0.3) is 5.56 Å². The van der Waals surface area contributed by atoms with Crippen molar-refractivity contribution in [2.24, 2.45) is 0 Å². The van der Waals surface area contributed by atoms with Gasteiger partial charge in [0, 0.05) is 0 Å². The largest absolute Gasteiger partial charge is 0.296 e.